The van der Waals surface area contributed by atoms with Gasteiger partial charge in [-0.3, -0.25) is 0 Å². The molecule has 1 heterocycles. The number of nitrogens with one attached hydrogen (secondary N) is 2. The van der Waals surface area contributed by atoms with Crippen LogP contribution >= 0.6 is 11.3 Å². The van der Waals surface area contributed by atoms with Crippen molar-refractivity contribution < 1.29 is 4.79 Å². The van der Waals surface area contributed by atoms with Gasteiger partial charge in [-0.25, -0.2) is 4.79 Å². The number of carbonyl (C=O) groups is 1. The lowest BCUT2D eigenvalue weighted by Crippen LogP contribution is -2.35. The molecule has 0 saturated heterocycles. The Morgan fingerprint density at radius 3 is 2.68 bits per heavy atom. The van der Waals surface area contributed by atoms with E-state index >= 15 is 0 Å². The van der Waals surface area contributed by atoms with Crippen LogP contribution in [0.5, 0.6) is 0 Å². The van der Waals surface area contributed by atoms with E-state index in [1.165, 1.54) is 16.0 Å². The SMILES string of the molecule is NC(=O)NCCNCc1cc(-c2ccccc2)cs1. The lowest BCUT2D eigenvalue weighted by molar-refractivity contribution is 0.249. The number of benzene rings is 1. The van der Waals surface area contributed by atoms with Crippen LogP contribution in [0, 0.1) is 0 Å². The molecule has 0 atom stereocenters. The van der Waals surface area contributed by atoms with Gasteiger partial charge in [-0.05, 0) is 22.6 Å². The summed E-state index contributed by atoms with van der Waals surface area (Å²) in [7, 11) is 0. The van der Waals surface area contributed by atoms with Gasteiger partial charge in [0.2, 0.25) is 0 Å². The van der Waals surface area contributed by atoms with Gasteiger partial charge in [0.25, 0.3) is 0 Å². The zero-order valence-electron chi connectivity index (χ0n) is 10.6. The van der Waals surface area contributed by atoms with Crippen molar-refractivity contribution in [3.8, 4) is 11.1 Å². The average Bonchev–Trinajstić information content (AvgIpc) is 2.88. The molecule has 100 valence electrons. The molecule has 0 radical (unpaired) electrons. The number of thiophene rings is 1. The Bertz CT molecular complexity index is 524. The van der Waals surface area contributed by atoms with E-state index in [1.807, 2.05) is 18.2 Å². The topological polar surface area (TPSA) is 67.2 Å². The van der Waals surface area contributed by atoms with Gasteiger partial charge < -0.3 is 16.4 Å². The van der Waals surface area contributed by atoms with E-state index in [0.717, 1.165) is 6.54 Å². The third-order valence-corrected chi connectivity index (χ3v) is 3.60. The molecule has 0 aliphatic carbocycles. The Labute approximate surface area is 116 Å². The molecule has 4 N–H and O–H groups in total. The lowest BCUT2D eigenvalue weighted by atomic mass is 10.1. The standard InChI is InChI=1S/C14H17N3OS/c15-14(18)17-7-6-16-9-13-8-12(10-19-13)11-4-2-1-3-5-11/h1-5,8,10,16H,6-7,9H2,(H3,15,17,18). The summed E-state index contributed by atoms with van der Waals surface area (Å²) in [6, 6.07) is 12.0. The predicted octanol–water partition coefficient (Wildman–Crippen LogP) is 2.17. The number of primary amides is 1. The van der Waals surface area contributed by atoms with Gasteiger partial charge in [-0.15, -0.1) is 11.3 Å². The van der Waals surface area contributed by atoms with Gasteiger partial charge in [-0.1, -0.05) is 30.3 Å². The number of urea groups is 1. The summed E-state index contributed by atoms with van der Waals surface area (Å²) in [6.45, 7) is 2.06. The maximum absolute atomic E-state index is 10.5. The lowest BCUT2D eigenvalue weighted by Gasteiger charge is -2.03. The first-order valence-electron chi connectivity index (χ1n) is 6.12. The molecule has 0 spiro atoms. The monoisotopic (exact) mass is 275 g/mol. The summed E-state index contributed by atoms with van der Waals surface area (Å²) in [4.78, 5) is 11.8. The van der Waals surface area contributed by atoms with Gasteiger partial charge in [0, 0.05) is 24.5 Å². The van der Waals surface area contributed by atoms with Crippen LogP contribution in [0.15, 0.2) is 41.8 Å². The van der Waals surface area contributed by atoms with Gasteiger partial charge in [0.15, 0.2) is 0 Å². The molecule has 19 heavy (non-hydrogen) atoms. The summed E-state index contributed by atoms with van der Waals surface area (Å²) < 4.78 is 0. The molecule has 4 nitrogen and oxygen atoms in total. The average molecular weight is 275 g/mol. The Morgan fingerprint density at radius 2 is 1.95 bits per heavy atom. The minimum Gasteiger partial charge on any atom is -0.352 e. The highest BCUT2D eigenvalue weighted by atomic mass is 32.1. The Hall–Kier alpha value is -1.85. The Balaban J connectivity index is 1.80. The number of hydrogen-bond acceptors (Lipinski definition) is 3. The largest absolute Gasteiger partial charge is 0.352 e. The van der Waals surface area contributed by atoms with Crippen LogP contribution in [0.1, 0.15) is 4.88 Å². The molecule has 0 saturated carbocycles. The van der Waals surface area contributed by atoms with Crippen molar-refractivity contribution in [3.05, 3.63) is 46.7 Å². The minimum absolute atomic E-state index is 0.482. The molecular formula is C14H17N3OS. The van der Waals surface area contributed by atoms with E-state index in [4.69, 9.17) is 5.73 Å². The van der Waals surface area contributed by atoms with Gasteiger partial charge in [-0.2, -0.15) is 0 Å². The van der Waals surface area contributed by atoms with Gasteiger partial charge >= 0.3 is 6.03 Å². The highest BCUT2D eigenvalue weighted by Crippen LogP contribution is 2.25. The number of hydrogen-bond donors (Lipinski definition) is 3. The summed E-state index contributed by atoms with van der Waals surface area (Å²) in [5.74, 6) is 0. The maximum Gasteiger partial charge on any atom is 0.312 e. The van der Waals surface area contributed by atoms with Crippen molar-refractivity contribution in [2.24, 2.45) is 5.73 Å². The first kappa shape index (κ1) is 13.6. The molecule has 0 fully saturated rings. The molecule has 2 amide bonds. The summed E-state index contributed by atoms with van der Waals surface area (Å²) in [5, 5.41) is 7.97. The molecular weight excluding hydrogens is 258 g/mol. The van der Waals surface area contributed by atoms with E-state index < -0.39 is 6.03 Å². The third kappa shape index (κ3) is 4.39. The summed E-state index contributed by atoms with van der Waals surface area (Å²) in [6.07, 6.45) is 0. The number of rotatable bonds is 6. The van der Waals surface area contributed by atoms with Crippen LogP contribution in [-0.4, -0.2) is 19.1 Å². The normalized spacial score (nSPS) is 10.3. The number of nitrogens with two attached hydrogens (primary N) is 1. The predicted molar refractivity (Wildman–Crippen MR) is 79.0 cm³/mol. The fourth-order valence-electron chi connectivity index (χ4n) is 1.74. The van der Waals surface area contributed by atoms with Crippen molar-refractivity contribution in [1.29, 1.82) is 0 Å². The molecule has 2 aromatic rings. The molecule has 1 aromatic heterocycles. The zero-order chi connectivity index (χ0) is 13.5. The molecule has 5 heteroatoms. The van der Waals surface area contributed by atoms with Crippen LogP contribution in [0.3, 0.4) is 0 Å². The first-order valence-corrected chi connectivity index (χ1v) is 7.00. The molecule has 0 bridgehead atoms. The second kappa shape index (κ2) is 6.92. The van der Waals surface area contributed by atoms with E-state index in [1.54, 1.807) is 11.3 Å². The second-order valence-electron chi connectivity index (χ2n) is 4.14. The van der Waals surface area contributed by atoms with Crippen LogP contribution in [0.2, 0.25) is 0 Å². The Morgan fingerprint density at radius 1 is 1.16 bits per heavy atom. The minimum atomic E-state index is -0.482. The van der Waals surface area contributed by atoms with E-state index in [9.17, 15) is 4.79 Å². The third-order valence-electron chi connectivity index (χ3n) is 2.66. The van der Waals surface area contributed by atoms with Crippen LogP contribution in [0.25, 0.3) is 11.1 Å². The van der Waals surface area contributed by atoms with Crippen molar-refractivity contribution in [2.45, 2.75) is 6.54 Å². The van der Waals surface area contributed by atoms with Crippen LogP contribution < -0.4 is 16.4 Å². The van der Waals surface area contributed by atoms with Crippen molar-refractivity contribution in [3.63, 3.8) is 0 Å². The second-order valence-corrected chi connectivity index (χ2v) is 5.13. The summed E-state index contributed by atoms with van der Waals surface area (Å²) >= 11 is 1.73. The first-order chi connectivity index (χ1) is 9.25. The molecule has 0 aliphatic rings. The summed E-state index contributed by atoms with van der Waals surface area (Å²) in [5.41, 5.74) is 7.46. The molecule has 0 aliphatic heterocycles. The number of amides is 2. The zero-order valence-corrected chi connectivity index (χ0v) is 11.4. The van der Waals surface area contributed by atoms with E-state index in [-0.39, 0.29) is 0 Å². The van der Waals surface area contributed by atoms with Crippen LogP contribution in [-0.2, 0) is 6.54 Å². The van der Waals surface area contributed by atoms with Gasteiger partial charge in [0.05, 0.1) is 0 Å². The highest BCUT2D eigenvalue weighted by molar-refractivity contribution is 7.10. The quantitative estimate of drug-likeness (QED) is 0.707. The van der Waals surface area contributed by atoms with Gasteiger partial charge in [0.1, 0.15) is 0 Å². The molecule has 1 aromatic carbocycles. The fourth-order valence-corrected chi connectivity index (χ4v) is 2.60. The molecule has 0 unspecified atom stereocenters. The van der Waals surface area contributed by atoms with E-state index in [0.29, 0.717) is 13.1 Å². The van der Waals surface area contributed by atoms with Crippen LogP contribution in [0.4, 0.5) is 4.79 Å². The number of carbonyl (C=O) groups excluding carboxylic acids is 1. The van der Waals surface area contributed by atoms with Crippen molar-refractivity contribution >= 4 is 17.4 Å². The fraction of sp³-hybridized carbons (Fsp3) is 0.214. The van der Waals surface area contributed by atoms with E-state index in [2.05, 4.69) is 34.2 Å². The Kier molecular flexibility index (Phi) is 4.94. The smallest absolute Gasteiger partial charge is 0.312 e. The maximum atomic E-state index is 10.5. The van der Waals surface area contributed by atoms with Crippen molar-refractivity contribution in [2.75, 3.05) is 13.1 Å². The highest BCUT2D eigenvalue weighted by Gasteiger charge is 2.01. The van der Waals surface area contributed by atoms with Crippen molar-refractivity contribution in [1.82, 2.24) is 10.6 Å². The molecule has 2 rings (SSSR count).